The van der Waals surface area contributed by atoms with Crippen molar-refractivity contribution in [2.75, 3.05) is 6.54 Å². The normalized spacial score (nSPS) is 27.2. The van der Waals surface area contributed by atoms with Gasteiger partial charge >= 0.3 is 0 Å². The average Bonchev–Trinajstić information content (AvgIpc) is 2.88. The average molecular weight is 239 g/mol. The van der Waals surface area contributed by atoms with E-state index in [1.54, 1.807) is 4.81 Å². The van der Waals surface area contributed by atoms with E-state index in [9.17, 15) is 0 Å². The van der Waals surface area contributed by atoms with Gasteiger partial charge in [-0.2, -0.15) is 0 Å². The van der Waals surface area contributed by atoms with Crippen molar-refractivity contribution in [2.24, 2.45) is 10.9 Å². The van der Waals surface area contributed by atoms with Crippen LogP contribution in [-0.2, 0) is 0 Å². The zero-order valence-electron chi connectivity index (χ0n) is 7.49. The SMILES string of the molecule is [B]N(CC1CC1)C1=NC=CC(Br)C1. The van der Waals surface area contributed by atoms with Crippen LogP contribution in [0.25, 0.3) is 0 Å². The van der Waals surface area contributed by atoms with Crippen LogP contribution in [-0.4, -0.2) is 30.0 Å². The standard InChI is InChI=1S/C9H12BBrN2/c10-13(6-7-1-2-7)9-5-8(11)3-4-12-9/h3-4,7-8H,1-2,5-6H2. The molecule has 0 aromatic rings. The first-order valence-corrected chi connectivity index (χ1v) is 5.57. The predicted molar refractivity (Wildman–Crippen MR) is 59.1 cm³/mol. The molecule has 0 N–H and O–H groups in total. The van der Waals surface area contributed by atoms with Crippen LogP contribution < -0.4 is 0 Å². The van der Waals surface area contributed by atoms with Gasteiger partial charge in [0, 0.05) is 24.0 Å². The summed E-state index contributed by atoms with van der Waals surface area (Å²) in [6, 6.07) is 0. The van der Waals surface area contributed by atoms with Crippen LogP contribution in [0.2, 0.25) is 0 Å². The first-order chi connectivity index (χ1) is 6.25. The van der Waals surface area contributed by atoms with Gasteiger partial charge in [-0.25, -0.2) is 4.99 Å². The summed E-state index contributed by atoms with van der Waals surface area (Å²) in [5, 5.41) is 0. The molecule has 0 amide bonds. The predicted octanol–water partition coefficient (Wildman–Crippen LogP) is 1.86. The molecule has 68 valence electrons. The highest BCUT2D eigenvalue weighted by atomic mass is 79.9. The lowest BCUT2D eigenvalue weighted by atomic mass is 10.1. The zero-order chi connectivity index (χ0) is 9.26. The molecule has 4 heteroatoms. The Bertz CT molecular complexity index is 248. The van der Waals surface area contributed by atoms with Gasteiger partial charge in [0.1, 0.15) is 0 Å². The fraction of sp³-hybridized carbons (Fsp3) is 0.667. The third kappa shape index (κ3) is 2.60. The second-order valence-corrected chi connectivity index (χ2v) is 4.88. The molecule has 2 rings (SSSR count). The van der Waals surface area contributed by atoms with Crippen LogP contribution in [0.1, 0.15) is 19.3 Å². The van der Waals surface area contributed by atoms with Crippen molar-refractivity contribution in [2.45, 2.75) is 24.1 Å². The molecular weight excluding hydrogens is 227 g/mol. The van der Waals surface area contributed by atoms with E-state index in [0.29, 0.717) is 4.83 Å². The Morgan fingerprint density at radius 1 is 1.62 bits per heavy atom. The van der Waals surface area contributed by atoms with Gasteiger partial charge in [0.25, 0.3) is 0 Å². The summed E-state index contributed by atoms with van der Waals surface area (Å²) in [7, 11) is 5.90. The lowest BCUT2D eigenvalue weighted by Crippen LogP contribution is -2.32. The molecule has 2 radical (unpaired) electrons. The lowest BCUT2D eigenvalue weighted by molar-refractivity contribution is 0.582. The molecule has 1 fully saturated rings. The maximum Gasteiger partial charge on any atom is 0.228 e. The molecule has 0 aromatic heterocycles. The fourth-order valence-electron chi connectivity index (χ4n) is 1.39. The summed E-state index contributed by atoms with van der Waals surface area (Å²) in [6.07, 6.45) is 7.42. The molecule has 1 unspecified atom stereocenters. The molecule has 0 bridgehead atoms. The van der Waals surface area contributed by atoms with Crippen LogP contribution in [0.3, 0.4) is 0 Å². The molecule has 1 saturated carbocycles. The third-order valence-electron chi connectivity index (χ3n) is 2.38. The van der Waals surface area contributed by atoms with E-state index in [0.717, 1.165) is 24.7 Å². The van der Waals surface area contributed by atoms with Gasteiger partial charge < -0.3 is 4.81 Å². The summed E-state index contributed by atoms with van der Waals surface area (Å²) in [6.45, 7) is 0.965. The number of rotatable bonds is 2. The van der Waals surface area contributed by atoms with E-state index in [1.165, 1.54) is 12.8 Å². The van der Waals surface area contributed by atoms with Gasteiger partial charge in [-0.1, -0.05) is 22.0 Å². The Morgan fingerprint density at radius 3 is 3.00 bits per heavy atom. The molecule has 0 spiro atoms. The van der Waals surface area contributed by atoms with Crippen LogP contribution in [0.5, 0.6) is 0 Å². The summed E-state index contributed by atoms with van der Waals surface area (Å²) >= 11 is 3.53. The molecule has 2 aliphatic rings. The summed E-state index contributed by atoms with van der Waals surface area (Å²) in [4.78, 5) is 6.46. The van der Waals surface area contributed by atoms with Gasteiger partial charge in [-0.05, 0) is 18.8 Å². The Balaban J connectivity index is 1.90. The molecule has 1 aliphatic carbocycles. The first-order valence-electron chi connectivity index (χ1n) is 4.65. The van der Waals surface area contributed by atoms with Crippen LogP contribution in [0, 0.1) is 5.92 Å². The van der Waals surface area contributed by atoms with Gasteiger partial charge in [0.2, 0.25) is 7.98 Å². The minimum absolute atomic E-state index is 0.394. The van der Waals surface area contributed by atoms with Gasteiger partial charge in [0.05, 0.1) is 5.84 Å². The van der Waals surface area contributed by atoms with Gasteiger partial charge in [-0.15, -0.1) is 0 Å². The van der Waals surface area contributed by atoms with Crippen molar-refractivity contribution < 1.29 is 0 Å². The maximum absolute atomic E-state index is 5.90. The molecular formula is C9H12BBrN2. The molecule has 2 nitrogen and oxygen atoms in total. The zero-order valence-corrected chi connectivity index (χ0v) is 9.07. The number of alkyl halides is 1. The van der Waals surface area contributed by atoms with Crippen molar-refractivity contribution in [1.82, 2.24) is 4.81 Å². The lowest BCUT2D eigenvalue weighted by Gasteiger charge is -2.24. The Morgan fingerprint density at radius 2 is 2.38 bits per heavy atom. The monoisotopic (exact) mass is 238 g/mol. The topological polar surface area (TPSA) is 15.6 Å². The highest BCUT2D eigenvalue weighted by Crippen LogP contribution is 2.29. The Labute approximate surface area is 88.7 Å². The van der Waals surface area contributed by atoms with Crippen molar-refractivity contribution in [3.63, 3.8) is 0 Å². The summed E-state index contributed by atoms with van der Waals surface area (Å²) in [5.41, 5.74) is 0. The number of allylic oxidation sites excluding steroid dienone is 1. The van der Waals surface area contributed by atoms with E-state index >= 15 is 0 Å². The van der Waals surface area contributed by atoms with E-state index in [4.69, 9.17) is 7.98 Å². The quantitative estimate of drug-likeness (QED) is 0.530. The fourth-order valence-corrected chi connectivity index (χ4v) is 1.82. The summed E-state index contributed by atoms with van der Waals surface area (Å²) < 4.78 is 0. The Hall–Kier alpha value is -0.245. The van der Waals surface area contributed by atoms with Crippen molar-refractivity contribution in [3.8, 4) is 0 Å². The number of hydrogen-bond donors (Lipinski definition) is 0. The highest BCUT2D eigenvalue weighted by Gasteiger charge is 2.24. The molecule has 1 atom stereocenters. The number of amidine groups is 1. The van der Waals surface area contributed by atoms with Crippen molar-refractivity contribution in [1.29, 1.82) is 0 Å². The van der Waals surface area contributed by atoms with Crippen LogP contribution >= 0.6 is 15.9 Å². The maximum atomic E-state index is 5.90. The molecule has 0 saturated heterocycles. The van der Waals surface area contributed by atoms with Gasteiger partial charge in [-0.3, -0.25) is 0 Å². The molecule has 1 heterocycles. The number of halogens is 1. The van der Waals surface area contributed by atoms with E-state index in [1.807, 2.05) is 12.3 Å². The third-order valence-corrected chi connectivity index (χ3v) is 3.01. The minimum atomic E-state index is 0.394. The number of hydrogen-bond acceptors (Lipinski definition) is 2. The number of nitrogens with zero attached hydrogens (tertiary/aromatic N) is 2. The largest absolute Gasteiger partial charge is 0.413 e. The second kappa shape index (κ2) is 3.87. The van der Waals surface area contributed by atoms with Crippen LogP contribution in [0.4, 0.5) is 0 Å². The molecule has 0 aromatic carbocycles. The van der Waals surface area contributed by atoms with E-state index in [-0.39, 0.29) is 0 Å². The van der Waals surface area contributed by atoms with E-state index < -0.39 is 0 Å². The molecule has 1 aliphatic heterocycles. The second-order valence-electron chi connectivity index (χ2n) is 3.70. The number of aliphatic imine (C=N–C) groups is 1. The van der Waals surface area contributed by atoms with Crippen molar-refractivity contribution in [3.05, 3.63) is 12.3 Å². The summed E-state index contributed by atoms with van der Waals surface area (Å²) in [5.74, 6) is 1.81. The highest BCUT2D eigenvalue weighted by molar-refractivity contribution is 9.09. The van der Waals surface area contributed by atoms with E-state index in [2.05, 4.69) is 20.9 Å². The van der Waals surface area contributed by atoms with Crippen LogP contribution in [0.15, 0.2) is 17.3 Å². The molecule has 13 heavy (non-hydrogen) atoms. The smallest absolute Gasteiger partial charge is 0.228 e. The van der Waals surface area contributed by atoms with Gasteiger partial charge in [0.15, 0.2) is 0 Å². The minimum Gasteiger partial charge on any atom is -0.413 e. The Kier molecular flexibility index (Phi) is 2.77. The first kappa shape index (κ1) is 9.32. The van der Waals surface area contributed by atoms with Crippen molar-refractivity contribution >= 4 is 29.7 Å².